The first-order chi connectivity index (χ1) is 6.11. The molecule has 0 amide bonds. The quantitative estimate of drug-likeness (QED) is 0.718. The summed E-state index contributed by atoms with van der Waals surface area (Å²) in [6, 6.07) is 4.12. The predicted molar refractivity (Wildman–Crippen MR) is 58.9 cm³/mol. The van der Waals surface area contributed by atoms with Crippen molar-refractivity contribution < 1.29 is 0 Å². The van der Waals surface area contributed by atoms with Crippen LogP contribution in [0.3, 0.4) is 0 Å². The number of hydrogen-bond donors (Lipinski definition) is 2. The Morgan fingerprint density at radius 2 is 2.31 bits per heavy atom. The van der Waals surface area contributed by atoms with E-state index in [0.717, 1.165) is 5.69 Å². The molecule has 1 aromatic rings. The second kappa shape index (κ2) is 4.18. The number of thiocarbonyl (C=S) groups is 1. The van der Waals surface area contributed by atoms with Crippen molar-refractivity contribution in [2.45, 2.75) is 19.9 Å². The molecule has 0 saturated heterocycles. The molecule has 3 N–H and O–H groups in total. The van der Waals surface area contributed by atoms with E-state index in [-0.39, 0.29) is 0 Å². The zero-order chi connectivity index (χ0) is 9.84. The third kappa shape index (κ3) is 2.66. The molecule has 3 nitrogen and oxygen atoms in total. The molecular weight excluding hydrogens is 182 g/mol. The number of rotatable bonds is 3. The molecule has 0 atom stereocenters. The molecule has 4 heteroatoms. The number of anilines is 1. The minimum atomic E-state index is 0.323. The van der Waals surface area contributed by atoms with Gasteiger partial charge >= 0.3 is 0 Å². The van der Waals surface area contributed by atoms with Crippen LogP contribution in [-0.2, 0) is 0 Å². The van der Waals surface area contributed by atoms with Crippen molar-refractivity contribution in [1.82, 2.24) is 4.98 Å². The van der Waals surface area contributed by atoms with E-state index in [1.54, 1.807) is 6.20 Å². The summed E-state index contributed by atoms with van der Waals surface area (Å²) < 4.78 is 0. The highest BCUT2D eigenvalue weighted by Crippen LogP contribution is 2.12. The Morgan fingerprint density at radius 1 is 1.62 bits per heavy atom. The first-order valence-corrected chi connectivity index (χ1v) is 4.53. The zero-order valence-corrected chi connectivity index (χ0v) is 8.56. The lowest BCUT2D eigenvalue weighted by atomic mass is 10.2. The normalized spacial score (nSPS) is 10.1. The van der Waals surface area contributed by atoms with Gasteiger partial charge in [-0.2, -0.15) is 0 Å². The minimum absolute atomic E-state index is 0.323. The largest absolute Gasteiger partial charge is 0.388 e. The van der Waals surface area contributed by atoms with Crippen molar-refractivity contribution in [3.05, 3.63) is 24.0 Å². The van der Waals surface area contributed by atoms with Gasteiger partial charge in [-0.1, -0.05) is 12.2 Å². The summed E-state index contributed by atoms with van der Waals surface area (Å²) >= 11 is 4.88. The number of nitrogens with two attached hydrogens (primary N) is 1. The Hall–Kier alpha value is -1.16. The van der Waals surface area contributed by atoms with Crippen LogP contribution in [0.1, 0.15) is 19.5 Å². The van der Waals surface area contributed by atoms with Gasteiger partial charge in [-0.25, -0.2) is 0 Å². The molecule has 0 radical (unpaired) electrons. The molecule has 0 bridgehead atoms. The zero-order valence-electron chi connectivity index (χ0n) is 7.74. The maximum Gasteiger partial charge on any atom is 0.124 e. The minimum Gasteiger partial charge on any atom is -0.388 e. The number of pyridine rings is 1. The van der Waals surface area contributed by atoms with Gasteiger partial charge in [0.2, 0.25) is 0 Å². The van der Waals surface area contributed by atoms with E-state index in [1.807, 2.05) is 12.1 Å². The Kier molecular flexibility index (Phi) is 3.19. The molecule has 0 spiro atoms. The van der Waals surface area contributed by atoms with Crippen LogP contribution in [0, 0.1) is 0 Å². The van der Waals surface area contributed by atoms with Crippen molar-refractivity contribution in [1.29, 1.82) is 0 Å². The van der Waals surface area contributed by atoms with E-state index in [4.69, 9.17) is 18.0 Å². The average Bonchev–Trinajstić information content (AvgIpc) is 2.03. The second-order valence-electron chi connectivity index (χ2n) is 3.06. The van der Waals surface area contributed by atoms with E-state index in [9.17, 15) is 0 Å². The molecule has 70 valence electrons. The highest BCUT2D eigenvalue weighted by Gasteiger charge is 2.05. The molecule has 0 unspecified atom stereocenters. The molecule has 0 aliphatic rings. The number of nitrogens with zero attached hydrogens (tertiary/aromatic N) is 1. The van der Waals surface area contributed by atoms with Crippen molar-refractivity contribution in [2.24, 2.45) is 5.73 Å². The van der Waals surface area contributed by atoms with Gasteiger partial charge in [-0.05, 0) is 26.0 Å². The van der Waals surface area contributed by atoms with Gasteiger partial charge in [0.15, 0.2) is 0 Å². The fraction of sp³-hybridized carbons (Fsp3) is 0.333. The van der Waals surface area contributed by atoms with Gasteiger partial charge in [0.05, 0.1) is 5.69 Å². The average molecular weight is 195 g/mol. The standard InChI is InChI=1S/C9H13N3S/c1-6(2)12-7-4-3-5-11-8(7)9(10)13/h3-6,12H,1-2H3,(H2,10,13). The Bertz CT molecular complexity index is 309. The molecule has 0 aliphatic heterocycles. The fourth-order valence-electron chi connectivity index (χ4n) is 1.03. The molecule has 1 heterocycles. The summed E-state index contributed by atoms with van der Waals surface area (Å²) in [5.41, 5.74) is 7.07. The van der Waals surface area contributed by atoms with Crippen LogP contribution < -0.4 is 11.1 Å². The van der Waals surface area contributed by atoms with Crippen LogP contribution >= 0.6 is 12.2 Å². The van der Waals surface area contributed by atoms with Crippen LogP contribution in [0.15, 0.2) is 18.3 Å². The van der Waals surface area contributed by atoms with Crippen molar-refractivity contribution in [3.8, 4) is 0 Å². The van der Waals surface area contributed by atoms with E-state index < -0.39 is 0 Å². The van der Waals surface area contributed by atoms with Gasteiger partial charge in [-0.3, -0.25) is 4.98 Å². The van der Waals surface area contributed by atoms with E-state index >= 15 is 0 Å². The second-order valence-corrected chi connectivity index (χ2v) is 3.50. The number of nitrogens with one attached hydrogen (secondary N) is 1. The molecule has 1 aromatic heterocycles. The molecule has 0 aliphatic carbocycles. The summed E-state index contributed by atoms with van der Waals surface area (Å²) in [5, 5.41) is 3.22. The Labute approximate surface area is 83.4 Å². The molecule has 0 saturated carbocycles. The smallest absolute Gasteiger partial charge is 0.124 e. The van der Waals surface area contributed by atoms with Crippen LogP contribution in [-0.4, -0.2) is 16.0 Å². The van der Waals surface area contributed by atoms with Crippen molar-refractivity contribution in [3.63, 3.8) is 0 Å². The van der Waals surface area contributed by atoms with Crippen molar-refractivity contribution in [2.75, 3.05) is 5.32 Å². The summed E-state index contributed by atoms with van der Waals surface area (Å²) in [7, 11) is 0. The monoisotopic (exact) mass is 195 g/mol. The summed E-state index contributed by atoms with van der Waals surface area (Å²) in [6.45, 7) is 4.10. The highest BCUT2D eigenvalue weighted by molar-refractivity contribution is 7.80. The first-order valence-electron chi connectivity index (χ1n) is 4.12. The van der Waals surface area contributed by atoms with Crippen LogP contribution in [0.5, 0.6) is 0 Å². The van der Waals surface area contributed by atoms with Crippen molar-refractivity contribution >= 4 is 22.9 Å². The van der Waals surface area contributed by atoms with Gasteiger partial charge in [-0.15, -0.1) is 0 Å². The predicted octanol–water partition coefficient (Wildman–Crippen LogP) is 1.54. The summed E-state index contributed by atoms with van der Waals surface area (Å²) in [6.07, 6.45) is 1.68. The molecule has 1 rings (SSSR count). The lowest BCUT2D eigenvalue weighted by molar-refractivity contribution is 0.897. The van der Waals surface area contributed by atoms with Crippen LogP contribution in [0.2, 0.25) is 0 Å². The first kappa shape index (κ1) is 9.92. The molecule has 0 aromatic carbocycles. The third-order valence-electron chi connectivity index (χ3n) is 1.49. The van der Waals surface area contributed by atoms with Gasteiger partial charge in [0.25, 0.3) is 0 Å². The molecule has 13 heavy (non-hydrogen) atoms. The number of hydrogen-bond acceptors (Lipinski definition) is 3. The topological polar surface area (TPSA) is 50.9 Å². The molecular formula is C9H13N3S. The maximum absolute atomic E-state index is 5.52. The van der Waals surface area contributed by atoms with E-state index in [0.29, 0.717) is 16.7 Å². The van der Waals surface area contributed by atoms with Gasteiger partial charge in [0.1, 0.15) is 10.7 Å². The van der Waals surface area contributed by atoms with E-state index in [2.05, 4.69) is 24.1 Å². The van der Waals surface area contributed by atoms with Crippen LogP contribution in [0.4, 0.5) is 5.69 Å². The Balaban J connectivity index is 2.98. The Morgan fingerprint density at radius 3 is 2.85 bits per heavy atom. The molecule has 0 fully saturated rings. The fourth-order valence-corrected chi connectivity index (χ4v) is 1.19. The highest BCUT2D eigenvalue weighted by atomic mass is 32.1. The van der Waals surface area contributed by atoms with Crippen LogP contribution in [0.25, 0.3) is 0 Å². The SMILES string of the molecule is CC(C)Nc1cccnc1C(N)=S. The van der Waals surface area contributed by atoms with Gasteiger partial charge in [0, 0.05) is 12.2 Å². The maximum atomic E-state index is 5.52. The summed E-state index contributed by atoms with van der Waals surface area (Å²) in [5.74, 6) is 0. The lowest BCUT2D eigenvalue weighted by Gasteiger charge is -2.12. The van der Waals surface area contributed by atoms with E-state index in [1.165, 1.54) is 0 Å². The third-order valence-corrected chi connectivity index (χ3v) is 1.68. The van der Waals surface area contributed by atoms with Gasteiger partial charge < -0.3 is 11.1 Å². The lowest BCUT2D eigenvalue weighted by Crippen LogP contribution is -2.18. The number of aromatic nitrogens is 1. The summed E-state index contributed by atoms with van der Waals surface area (Å²) in [4.78, 5) is 4.43.